The molecule has 15 heavy (non-hydrogen) atoms. The Labute approximate surface area is 87.1 Å². The number of nitrogens with one attached hydrogen (secondary N) is 1. The summed E-state index contributed by atoms with van der Waals surface area (Å²) >= 11 is 0. The van der Waals surface area contributed by atoms with Crippen molar-refractivity contribution in [1.82, 2.24) is 15.4 Å². The molecular formula is C12H11N3. The Bertz CT molecular complexity index is 597. The zero-order valence-electron chi connectivity index (χ0n) is 8.70. The molecule has 0 aliphatic rings. The van der Waals surface area contributed by atoms with Gasteiger partial charge in [0.1, 0.15) is 5.52 Å². The zero-order chi connectivity index (χ0) is 10.4. The fourth-order valence-electron chi connectivity index (χ4n) is 2.15. The molecule has 0 aliphatic heterocycles. The van der Waals surface area contributed by atoms with Gasteiger partial charge in [0.25, 0.3) is 0 Å². The predicted octanol–water partition coefficient (Wildman–Crippen LogP) is 2.73. The van der Waals surface area contributed by atoms with E-state index in [1.54, 1.807) is 0 Å². The Morgan fingerprint density at radius 2 is 1.67 bits per heavy atom. The molecule has 3 aromatic rings. The zero-order valence-corrected chi connectivity index (χ0v) is 8.70. The average Bonchev–Trinajstić information content (AvgIpc) is 2.75. The molecule has 74 valence electrons. The standard InChI is InChI=1S/C12H11N3/c1-7-9-5-3-4-6-10(9)8(2)12-11(7)13-15-14-12/h3-6H,1-2H3,(H,13,14,15). The smallest absolute Gasteiger partial charge is 0.116 e. The van der Waals surface area contributed by atoms with Crippen molar-refractivity contribution >= 4 is 21.8 Å². The Hall–Kier alpha value is -1.90. The quantitative estimate of drug-likeness (QED) is 0.602. The molecule has 0 bridgehead atoms. The van der Waals surface area contributed by atoms with Crippen LogP contribution in [0.1, 0.15) is 11.1 Å². The van der Waals surface area contributed by atoms with Gasteiger partial charge in [-0.15, -0.1) is 5.10 Å². The third-order valence-electron chi connectivity index (χ3n) is 3.01. The summed E-state index contributed by atoms with van der Waals surface area (Å²) in [5.74, 6) is 0. The number of nitrogens with zero attached hydrogens (tertiary/aromatic N) is 2. The minimum atomic E-state index is 0.978. The van der Waals surface area contributed by atoms with Crippen molar-refractivity contribution in [3.63, 3.8) is 0 Å². The molecule has 3 rings (SSSR count). The van der Waals surface area contributed by atoms with E-state index in [9.17, 15) is 0 Å². The van der Waals surface area contributed by atoms with Crippen LogP contribution in [-0.2, 0) is 0 Å². The summed E-state index contributed by atoms with van der Waals surface area (Å²) in [6.45, 7) is 4.19. The minimum Gasteiger partial charge on any atom is -0.257 e. The normalized spacial score (nSPS) is 11.3. The van der Waals surface area contributed by atoms with Gasteiger partial charge in [-0.2, -0.15) is 0 Å². The molecule has 0 atom stereocenters. The minimum absolute atomic E-state index is 0.978. The van der Waals surface area contributed by atoms with Crippen LogP contribution in [-0.4, -0.2) is 15.4 Å². The first kappa shape index (κ1) is 8.41. The fourth-order valence-corrected chi connectivity index (χ4v) is 2.15. The number of aryl methyl sites for hydroxylation is 2. The van der Waals surface area contributed by atoms with Crippen molar-refractivity contribution in [2.75, 3.05) is 0 Å². The van der Waals surface area contributed by atoms with Crippen LogP contribution in [0.5, 0.6) is 0 Å². The van der Waals surface area contributed by atoms with Crippen LogP contribution in [0.15, 0.2) is 24.3 Å². The van der Waals surface area contributed by atoms with Gasteiger partial charge in [0.05, 0.1) is 5.52 Å². The molecule has 0 aliphatic carbocycles. The number of fused-ring (bicyclic) bond motifs is 2. The van der Waals surface area contributed by atoms with Crippen molar-refractivity contribution in [2.45, 2.75) is 13.8 Å². The van der Waals surface area contributed by atoms with Gasteiger partial charge in [-0.25, -0.2) is 0 Å². The lowest BCUT2D eigenvalue weighted by Crippen LogP contribution is -1.86. The third kappa shape index (κ3) is 1.00. The maximum absolute atomic E-state index is 4.12. The fraction of sp³-hybridized carbons (Fsp3) is 0.167. The summed E-state index contributed by atoms with van der Waals surface area (Å²) in [7, 11) is 0. The van der Waals surface area contributed by atoms with Gasteiger partial charge >= 0.3 is 0 Å². The third-order valence-corrected chi connectivity index (χ3v) is 3.01. The molecule has 0 saturated carbocycles. The van der Waals surface area contributed by atoms with Crippen molar-refractivity contribution < 1.29 is 0 Å². The summed E-state index contributed by atoms with van der Waals surface area (Å²) in [4.78, 5) is 0. The van der Waals surface area contributed by atoms with Crippen molar-refractivity contribution in [2.24, 2.45) is 0 Å². The molecule has 0 fully saturated rings. The van der Waals surface area contributed by atoms with Crippen molar-refractivity contribution in [3.8, 4) is 0 Å². The molecule has 0 unspecified atom stereocenters. The number of hydrogen-bond donors (Lipinski definition) is 1. The SMILES string of the molecule is Cc1c2ccccc2c(C)c2[nH]nnc12. The van der Waals surface area contributed by atoms with E-state index in [2.05, 4.69) is 53.5 Å². The van der Waals surface area contributed by atoms with Crippen molar-refractivity contribution in [3.05, 3.63) is 35.4 Å². The van der Waals surface area contributed by atoms with Gasteiger partial charge in [-0.05, 0) is 35.7 Å². The van der Waals surface area contributed by atoms with Crippen LogP contribution in [0.4, 0.5) is 0 Å². The number of aromatic amines is 1. The molecule has 0 amide bonds. The van der Waals surface area contributed by atoms with Gasteiger partial charge in [0, 0.05) is 0 Å². The average molecular weight is 197 g/mol. The highest BCUT2D eigenvalue weighted by Crippen LogP contribution is 2.28. The number of hydrogen-bond acceptors (Lipinski definition) is 2. The second-order valence-electron chi connectivity index (χ2n) is 3.83. The van der Waals surface area contributed by atoms with E-state index in [0.717, 1.165) is 11.0 Å². The van der Waals surface area contributed by atoms with Gasteiger partial charge in [0.2, 0.25) is 0 Å². The topological polar surface area (TPSA) is 41.6 Å². The van der Waals surface area contributed by atoms with Crippen LogP contribution in [0.3, 0.4) is 0 Å². The highest BCUT2D eigenvalue weighted by molar-refractivity contribution is 6.02. The van der Waals surface area contributed by atoms with Gasteiger partial charge < -0.3 is 0 Å². The number of aromatic nitrogens is 3. The Balaban J connectivity index is 2.69. The van der Waals surface area contributed by atoms with Crippen LogP contribution in [0.25, 0.3) is 21.8 Å². The molecule has 1 aromatic heterocycles. The number of rotatable bonds is 0. The Morgan fingerprint density at radius 3 is 2.40 bits per heavy atom. The summed E-state index contributed by atoms with van der Waals surface area (Å²) in [6, 6.07) is 8.38. The molecule has 0 saturated heterocycles. The monoisotopic (exact) mass is 197 g/mol. The van der Waals surface area contributed by atoms with Gasteiger partial charge in [-0.1, -0.05) is 29.5 Å². The molecule has 1 N–H and O–H groups in total. The Kier molecular flexibility index (Phi) is 1.57. The second kappa shape index (κ2) is 2.79. The first-order valence-electron chi connectivity index (χ1n) is 4.97. The maximum atomic E-state index is 4.12. The molecule has 1 heterocycles. The van der Waals surface area contributed by atoms with Gasteiger partial charge in [0.15, 0.2) is 0 Å². The predicted molar refractivity (Wildman–Crippen MR) is 60.9 cm³/mol. The summed E-state index contributed by atoms with van der Waals surface area (Å²) in [5.41, 5.74) is 4.44. The van der Waals surface area contributed by atoms with Crippen LogP contribution in [0.2, 0.25) is 0 Å². The highest BCUT2D eigenvalue weighted by atomic mass is 15.3. The molecule has 3 nitrogen and oxygen atoms in total. The van der Waals surface area contributed by atoms with E-state index in [1.165, 1.54) is 21.9 Å². The number of benzene rings is 2. The lowest BCUT2D eigenvalue weighted by Gasteiger charge is -2.06. The van der Waals surface area contributed by atoms with E-state index in [4.69, 9.17) is 0 Å². The first-order chi connectivity index (χ1) is 7.29. The van der Waals surface area contributed by atoms with E-state index >= 15 is 0 Å². The van der Waals surface area contributed by atoms with Gasteiger partial charge in [-0.3, -0.25) is 5.10 Å². The molecule has 2 aromatic carbocycles. The first-order valence-corrected chi connectivity index (χ1v) is 4.97. The summed E-state index contributed by atoms with van der Waals surface area (Å²) < 4.78 is 0. The van der Waals surface area contributed by atoms with E-state index in [1.807, 2.05) is 0 Å². The van der Waals surface area contributed by atoms with Crippen LogP contribution in [0, 0.1) is 13.8 Å². The van der Waals surface area contributed by atoms with E-state index in [-0.39, 0.29) is 0 Å². The summed E-state index contributed by atoms with van der Waals surface area (Å²) in [5, 5.41) is 13.5. The molecule has 0 radical (unpaired) electrons. The van der Waals surface area contributed by atoms with Crippen LogP contribution >= 0.6 is 0 Å². The molecule has 3 heteroatoms. The van der Waals surface area contributed by atoms with E-state index < -0.39 is 0 Å². The Morgan fingerprint density at radius 1 is 1.00 bits per heavy atom. The summed E-state index contributed by atoms with van der Waals surface area (Å²) in [6.07, 6.45) is 0. The largest absolute Gasteiger partial charge is 0.257 e. The highest BCUT2D eigenvalue weighted by Gasteiger charge is 2.10. The number of H-pyrrole nitrogens is 1. The molecule has 0 spiro atoms. The lowest BCUT2D eigenvalue weighted by molar-refractivity contribution is 0.957. The molecular weight excluding hydrogens is 186 g/mol. The van der Waals surface area contributed by atoms with E-state index in [0.29, 0.717) is 0 Å². The second-order valence-corrected chi connectivity index (χ2v) is 3.83. The maximum Gasteiger partial charge on any atom is 0.116 e. The van der Waals surface area contributed by atoms with Crippen molar-refractivity contribution in [1.29, 1.82) is 0 Å². The lowest BCUT2D eigenvalue weighted by atomic mass is 9.99. The van der Waals surface area contributed by atoms with Crippen LogP contribution < -0.4 is 0 Å².